The summed E-state index contributed by atoms with van der Waals surface area (Å²) in [4.78, 5) is 36.3. The van der Waals surface area contributed by atoms with E-state index in [-0.39, 0.29) is 33.5 Å². The third-order valence-corrected chi connectivity index (χ3v) is 10.2. The summed E-state index contributed by atoms with van der Waals surface area (Å²) in [6.45, 7) is 4.49. The number of aromatic nitrogens is 4. The zero-order chi connectivity index (χ0) is 35.3. The van der Waals surface area contributed by atoms with Crippen molar-refractivity contribution in [1.82, 2.24) is 24.6 Å². The molecule has 4 heterocycles. The highest BCUT2D eigenvalue weighted by molar-refractivity contribution is 6.39. The van der Waals surface area contributed by atoms with Gasteiger partial charge in [0, 0.05) is 54.3 Å². The molecule has 5 aromatic rings. The van der Waals surface area contributed by atoms with Crippen molar-refractivity contribution in [2.45, 2.75) is 19.9 Å². The molecule has 1 saturated carbocycles. The first-order chi connectivity index (χ1) is 24.1. The highest BCUT2D eigenvalue weighted by atomic mass is 35.5. The molecular weight excluding hydrogens is 689 g/mol. The highest BCUT2D eigenvalue weighted by Crippen LogP contribution is 2.52. The molecule has 2 unspecified atom stereocenters. The number of benzene rings is 2. The van der Waals surface area contributed by atoms with Gasteiger partial charge in [-0.2, -0.15) is 5.10 Å². The fraction of sp³-hybridized carbons (Fsp3) is 0.306. The van der Waals surface area contributed by atoms with E-state index >= 15 is 0 Å². The van der Waals surface area contributed by atoms with Crippen molar-refractivity contribution in [3.8, 4) is 28.3 Å². The number of anilines is 2. The van der Waals surface area contributed by atoms with Crippen LogP contribution in [0.2, 0.25) is 10.0 Å². The van der Waals surface area contributed by atoms with Crippen LogP contribution in [0.15, 0.2) is 65.6 Å². The molecule has 2 aliphatic rings. The quantitative estimate of drug-likeness (QED) is 0.149. The second-order valence-corrected chi connectivity index (χ2v) is 13.1. The van der Waals surface area contributed by atoms with Crippen LogP contribution in [0, 0.1) is 17.8 Å². The molecule has 2 fully saturated rings. The van der Waals surface area contributed by atoms with Gasteiger partial charge in [0.1, 0.15) is 11.5 Å². The van der Waals surface area contributed by atoms with Crippen LogP contribution in [0.3, 0.4) is 0 Å². The Morgan fingerprint density at radius 1 is 1.02 bits per heavy atom. The second kappa shape index (κ2) is 13.6. The number of likely N-dealkylation sites (tertiary alicyclic amines) is 1. The molecule has 0 radical (unpaired) electrons. The smallest absolute Gasteiger partial charge is 0.309 e. The summed E-state index contributed by atoms with van der Waals surface area (Å²) in [6, 6.07) is 15.7. The van der Waals surface area contributed by atoms with Crippen LogP contribution in [-0.4, -0.2) is 57.4 Å². The van der Waals surface area contributed by atoms with Gasteiger partial charge in [-0.25, -0.2) is 23.4 Å². The zero-order valence-corrected chi connectivity index (χ0v) is 28.8. The lowest BCUT2D eigenvalue weighted by Gasteiger charge is -2.20. The molecular formula is C36H32Cl2F2N6O4. The average molecular weight is 722 g/mol. The molecule has 10 nitrogen and oxygen atoms in total. The van der Waals surface area contributed by atoms with E-state index in [1.807, 2.05) is 37.3 Å². The van der Waals surface area contributed by atoms with E-state index in [9.17, 15) is 18.4 Å². The van der Waals surface area contributed by atoms with Crippen molar-refractivity contribution in [2.24, 2.45) is 24.8 Å². The lowest BCUT2D eigenvalue weighted by Crippen LogP contribution is -2.26. The SMILES string of the molecule is CCOC(=O)C1C2CN(Cc3ccc(-c4cccc(-c5cccc(Nc6nc(C(F)F)cc7cnn(C)c(=O)c67)c5Cl)c4Cl)nc3OC)CC21. The molecule has 0 bridgehead atoms. The van der Waals surface area contributed by atoms with E-state index in [0.29, 0.717) is 64.0 Å². The van der Waals surface area contributed by atoms with Crippen molar-refractivity contribution in [2.75, 3.05) is 32.1 Å². The van der Waals surface area contributed by atoms with Crippen molar-refractivity contribution in [3.63, 3.8) is 0 Å². The summed E-state index contributed by atoms with van der Waals surface area (Å²) in [5.41, 5.74) is 2.65. The maximum Gasteiger partial charge on any atom is 0.309 e. The van der Waals surface area contributed by atoms with Crippen LogP contribution in [0.4, 0.5) is 20.3 Å². The summed E-state index contributed by atoms with van der Waals surface area (Å²) in [7, 11) is 3.04. The zero-order valence-electron chi connectivity index (χ0n) is 27.3. The van der Waals surface area contributed by atoms with Gasteiger partial charge in [-0.3, -0.25) is 14.5 Å². The normalized spacial score (nSPS) is 18.4. The van der Waals surface area contributed by atoms with E-state index in [1.54, 1.807) is 25.3 Å². The number of ether oxygens (including phenoxy) is 2. The Balaban J connectivity index is 1.16. The Labute approximate surface area is 296 Å². The number of hydrogen-bond acceptors (Lipinski definition) is 9. The maximum absolute atomic E-state index is 13.8. The fourth-order valence-electron chi connectivity index (χ4n) is 6.87. The minimum absolute atomic E-state index is 0.00726. The predicted molar refractivity (Wildman–Crippen MR) is 187 cm³/mol. The molecule has 7 rings (SSSR count). The number of esters is 1. The van der Waals surface area contributed by atoms with Crippen molar-refractivity contribution in [1.29, 1.82) is 0 Å². The Morgan fingerprint density at radius 2 is 1.72 bits per heavy atom. The number of alkyl halides is 2. The Kier molecular flexibility index (Phi) is 9.19. The Morgan fingerprint density at radius 3 is 2.42 bits per heavy atom. The van der Waals surface area contributed by atoms with Gasteiger partial charge in [0.05, 0.1) is 52.6 Å². The largest absolute Gasteiger partial charge is 0.481 e. The summed E-state index contributed by atoms with van der Waals surface area (Å²) in [5.74, 6) is 0.982. The first-order valence-electron chi connectivity index (χ1n) is 16.0. The van der Waals surface area contributed by atoms with Gasteiger partial charge in [0.2, 0.25) is 5.88 Å². The van der Waals surface area contributed by atoms with Gasteiger partial charge in [0.25, 0.3) is 12.0 Å². The summed E-state index contributed by atoms with van der Waals surface area (Å²) in [5, 5.41) is 7.91. The van der Waals surface area contributed by atoms with E-state index < -0.39 is 17.7 Å². The predicted octanol–water partition coefficient (Wildman–Crippen LogP) is 7.30. The van der Waals surface area contributed by atoms with Crippen LogP contribution in [0.5, 0.6) is 5.88 Å². The van der Waals surface area contributed by atoms with Crippen LogP contribution in [0.1, 0.15) is 24.6 Å². The van der Waals surface area contributed by atoms with Gasteiger partial charge in [-0.1, -0.05) is 59.6 Å². The fourth-order valence-corrected chi connectivity index (χ4v) is 7.47. The van der Waals surface area contributed by atoms with E-state index in [4.69, 9.17) is 37.7 Å². The number of pyridine rings is 2. The number of fused-ring (bicyclic) bond motifs is 2. The molecule has 1 N–H and O–H groups in total. The number of methoxy groups -OCH3 is 1. The molecule has 2 atom stereocenters. The number of piperidine rings is 1. The van der Waals surface area contributed by atoms with Crippen LogP contribution in [-0.2, 0) is 23.1 Å². The van der Waals surface area contributed by atoms with Gasteiger partial charge in [-0.15, -0.1) is 0 Å². The average Bonchev–Trinajstić information content (AvgIpc) is 3.62. The van der Waals surface area contributed by atoms with Crippen LogP contribution in [0.25, 0.3) is 33.2 Å². The molecule has 2 aromatic carbocycles. The number of carbonyl (C=O) groups is 1. The molecule has 1 aliphatic heterocycles. The maximum atomic E-state index is 13.8. The van der Waals surface area contributed by atoms with E-state index in [2.05, 4.69) is 20.3 Å². The van der Waals surface area contributed by atoms with Gasteiger partial charge in [0.15, 0.2) is 0 Å². The van der Waals surface area contributed by atoms with Crippen molar-refractivity contribution < 1.29 is 23.0 Å². The van der Waals surface area contributed by atoms with E-state index in [1.165, 1.54) is 13.2 Å². The first-order valence-corrected chi connectivity index (χ1v) is 16.8. The topological polar surface area (TPSA) is 111 Å². The number of rotatable bonds is 10. The van der Waals surface area contributed by atoms with Crippen molar-refractivity contribution in [3.05, 3.63) is 92.5 Å². The van der Waals surface area contributed by atoms with Crippen LogP contribution >= 0.6 is 23.2 Å². The highest BCUT2D eigenvalue weighted by Gasteiger charge is 2.60. The number of carbonyl (C=O) groups excluding carboxylic acids is 1. The molecule has 1 saturated heterocycles. The Hall–Kier alpha value is -4.65. The summed E-state index contributed by atoms with van der Waals surface area (Å²) >= 11 is 14.0. The molecule has 50 heavy (non-hydrogen) atoms. The number of nitrogens with zero attached hydrogens (tertiary/aromatic N) is 5. The first kappa shape index (κ1) is 33.8. The summed E-state index contributed by atoms with van der Waals surface area (Å²) < 4.78 is 39.5. The van der Waals surface area contributed by atoms with Gasteiger partial charge < -0.3 is 14.8 Å². The van der Waals surface area contributed by atoms with Crippen molar-refractivity contribution >= 4 is 51.4 Å². The number of hydrogen-bond donors (Lipinski definition) is 1. The molecule has 1 aliphatic carbocycles. The lowest BCUT2D eigenvalue weighted by atomic mass is 10.00. The third-order valence-electron chi connectivity index (χ3n) is 9.34. The summed E-state index contributed by atoms with van der Waals surface area (Å²) in [6.07, 6.45) is -1.53. The molecule has 258 valence electrons. The lowest BCUT2D eigenvalue weighted by molar-refractivity contribution is -0.145. The number of halogens is 4. The third kappa shape index (κ3) is 6.16. The Bertz CT molecular complexity index is 2190. The van der Waals surface area contributed by atoms with Crippen LogP contribution < -0.4 is 15.6 Å². The standard InChI is InChI=1S/C36H32Cl2F2N6O4/c1-4-50-36(48)29-23-16-46(17-24(23)29)15-18-11-12-25(44-34(18)49-3)22-9-5-7-20(30(22)37)21-8-6-10-26(31(21)38)42-33-28-19(13-27(43-33)32(39)40)14-41-45(2)35(28)47/h5-14,23-24,29,32H,4,15-17H2,1-3H3,(H,42,43). The minimum atomic E-state index is -2.87. The minimum Gasteiger partial charge on any atom is -0.481 e. The van der Waals surface area contributed by atoms with Gasteiger partial charge in [-0.05, 0) is 37.0 Å². The monoisotopic (exact) mass is 720 g/mol. The molecule has 14 heteroatoms. The molecule has 0 spiro atoms. The second-order valence-electron chi connectivity index (χ2n) is 12.4. The molecule has 3 aromatic heterocycles. The number of nitrogens with one attached hydrogen (secondary N) is 1. The number of aryl methyl sites for hydroxylation is 1. The van der Waals surface area contributed by atoms with E-state index in [0.717, 1.165) is 29.4 Å². The molecule has 0 amide bonds. The van der Waals surface area contributed by atoms with Gasteiger partial charge >= 0.3 is 5.97 Å².